The van der Waals surface area contributed by atoms with Crippen LogP contribution in [0, 0.1) is 0 Å². The van der Waals surface area contributed by atoms with Gasteiger partial charge in [-0.25, -0.2) is 15.0 Å². The predicted molar refractivity (Wildman–Crippen MR) is 218 cm³/mol. The second-order valence-corrected chi connectivity index (χ2v) is 13.5. The molecule has 0 fully saturated rings. The first-order valence-corrected chi connectivity index (χ1v) is 17.6. The van der Waals surface area contributed by atoms with E-state index in [-0.39, 0.29) is 34.5 Å². The van der Waals surface area contributed by atoms with Crippen molar-refractivity contribution < 1.29 is 13.7 Å². The van der Waals surface area contributed by atoms with Crippen molar-refractivity contribution >= 4 is 53.1 Å². The molecule has 0 unspecified atom stereocenters. The second-order valence-electron chi connectivity index (χ2n) is 12.5. The lowest BCUT2D eigenvalue weighted by Gasteiger charge is -2.22. The van der Waals surface area contributed by atoms with E-state index < -0.39 is 60.4 Å². The minimum absolute atomic E-state index is 0.0247. The van der Waals surface area contributed by atoms with E-state index in [1.807, 2.05) is 60.7 Å². The summed E-state index contributed by atoms with van der Waals surface area (Å²) in [6, 6.07) is 35.6. The molecule has 2 aromatic heterocycles. The molecule has 4 heteroatoms. The molecule has 0 atom stereocenters. The maximum Gasteiger partial charge on any atom is 0.164 e. The first-order valence-electron chi connectivity index (χ1n) is 21.7. The third-order valence-electron chi connectivity index (χ3n) is 9.40. The van der Waals surface area contributed by atoms with Crippen molar-refractivity contribution in [3.8, 4) is 34.2 Å². The van der Waals surface area contributed by atoms with Gasteiger partial charge in [-0.3, -0.25) is 0 Å². The molecule has 244 valence electrons. The molecule has 0 saturated carbocycles. The molecule has 0 spiro atoms. The summed E-state index contributed by atoms with van der Waals surface area (Å²) in [5, 5.41) is 6.14. The van der Waals surface area contributed by atoms with Crippen LogP contribution in [-0.2, 0) is 0 Å². The maximum atomic E-state index is 8.83. The monoisotopic (exact) mass is 691 g/mol. The van der Waals surface area contributed by atoms with Crippen LogP contribution >= 0.6 is 11.3 Å². The number of aromatic nitrogens is 3. The van der Waals surface area contributed by atoms with Crippen LogP contribution < -0.4 is 0 Å². The van der Waals surface area contributed by atoms with E-state index in [9.17, 15) is 0 Å². The van der Waals surface area contributed by atoms with Crippen molar-refractivity contribution in [1.82, 2.24) is 15.0 Å². The zero-order chi connectivity index (χ0) is 43.1. The van der Waals surface area contributed by atoms with Crippen LogP contribution in [0.2, 0.25) is 0 Å². The van der Waals surface area contributed by atoms with E-state index >= 15 is 0 Å². The third kappa shape index (κ3) is 5.33. The van der Waals surface area contributed by atoms with Gasteiger partial charge in [-0.1, -0.05) is 176 Å². The van der Waals surface area contributed by atoms with Crippen molar-refractivity contribution in [2.24, 2.45) is 0 Å². The molecule has 0 aliphatic carbocycles. The molecule has 0 radical (unpaired) electrons. The van der Waals surface area contributed by atoms with Gasteiger partial charge in [0.1, 0.15) is 0 Å². The van der Waals surface area contributed by atoms with Crippen molar-refractivity contribution in [3.63, 3.8) is 0 Å². The van der Waals surface area contributed by atoms with Crippen LogP contribution in [0.25, 0.3) is 75.9 Å². The van der Waals surface area contributed by atoms with Gasteiger partial charge in [-0.05, 0) is 44.3 Å². The van der Waals surface area contributed by atoms with Gasteiger partial charge in [0.2, 0.25) is 0 Å². The van der Waals surface area contributed by atoms with Crippen molar-refractivity contribution in [2.45, 2.75) is 5.92 Å². The Kier molecular flexibility index (Phi) is 5.28. The lowest BCUT2D eigenvalue weighted by atomic mass is 9.82. The molecule has 10 aromatic rings. The lowest BCUT2D eigenvalue weighted by Crippen LogP contribution is -2.05. The van der Waals surface area contributed by atoms with Gasteiger partial charge >= 0.3 is 0 Å². The topological polar surface area (TPSA) is 38.7 Å². The Hall–Kier alpha value is -6.49. The Bertz CT molecular complexity index is 3290. The van der Waals surface area contributed by atoms with Crippen molar-refractivity contribution in [1.29, 1.82) is 0 Å². The Morgan fingerprint density at radius 2 is 1.00 bits per heavy atom. The fourth-order valence-electron chi connectivity index (χ4n) is 7.03. The average Bonchev–Trinajstić information content (AvgIpc) is 3.69. The van der Waals surface area contributed by atoms with E-state index in [2.05, 4.69) is 65.6 Å². The highest BCUT2D eigenvalue weighted by Crippen LogP contribution is 2.46. The molecular weight excluding hydrogens is 651 g/mol. The number of fused-ring (bicyclic) bond motifs is 5. The van der Waals surface area contributed by atoms with Gasteiger partial charge in [0.15, 0.2) is 17.5 Å². The number of hydrogen-bond acceptors (Lipinski definition) is 4. The van der Waals surface area contributed by atoms with Crippen molar-refractivity contribution in [2.75, 3.05) is 0 Å². The molecule has 3 nitrogen and oxygen atoms in total. The van der Waals surface area contributed by atoms with Gasteiger partial charge in [-0.15, -0.1) is 11.3 Å². The van der Waals surface area contributed by atoms with E-state index in [1.165, 1.54) is 0 Å². The Morgan fingerprint density at radius 1 is 0.481 bits per heavy atom. The van der Waals surface area contributed by atoms with Gasteiger partial charge in [0.05, 0.1) is 13.7 Å². The molecule has 0 amide bonds. The van der Waals surface area contributed by atoms with Crippen LogP contribution in [0.3, 0.4) is 0 Å². The molecule has 0 saturated heterocycles. The largest absolute Gasteiger partial charge is 0.208 e. The van der Waals surface area contributed by atoms with Gasteiger partial charge in [0, 0.05) is 42.8 Å². The number of rotatable bonds is 6. The van der Waals surface area contributed by atoms with Crippen LogP contribution in [0.1, 0.15) is 36.3 Å². The molecule has 0 aliphatic rings. The Balaban J connectivity index is 1.29. The van der Waals surface area contributed by atoms with Gasteiger partial charge < -0.3 is 0 Å². The molecule has 10 rings (SSSR count). The summed E-state index contributed by atoms with van der Waals surface area (Å²) in [5.74, 6) is -0.835. The number of hydrogen-bond donors (Lipinski definition) is 0. The number of benzene rings is 8. The molecule has 8 aromatic carbocycles. The van der Waals surface area contributed by atoms with Crippen LogP contribution in [-0.4, -0.2) is 15.0 Å². The summed E-state index contributed by atoms with van der Waals surface area (Å²) in [5.41, 5.74) is 3.06. The first kappa shape index (κ1) is 21.7. The normalized spacial score (nSPS) is 14.3. The standard InChI is InChI=1S/C48H31N3S/c1-3-15-33(16-4-1)46-49-47(34-17-5-2-6-18-34)51-48(50-46)41-28-27-40(45-44(41)39-21-11-12-22-42(39)52-45)43(37-25-23-31-13-7-9-19-35(31)29-37)38-26-24-32-14-8-10-20-36(32)30-38/h1-30,43H/i1D,2D,3D,4D,5D,6D,15D,16D,17D,18D. The molecular formula is C48H31N3S. The van der Waals surface area contributed by atoms with Crippen LogP contribution in [0.5, 0.6) is 0 Å². The summed E-state index contributed by atoms with van der Waals surface area (Å²) < 4.78 is 87.4. The highest BCUT2D eigenvalue weighted by Gasteiger charge is 2.25. The molecule has 0 aliphatic heterocycles. The third-order valence-corrected chi connectivity index (χ3v) is 10.6. The van der Waals surface area contributed by atoms with Crippen molar-refractivity contribution in [3.05, 3.63) is 198 Å². The second kappa shape index (κ2) is 12.7. The minimum Gasteiger partial charge on any atom is -0.208 e. The molecule has 0 N–H and O–H groups in total. The number of thiophene rings is 1. The highest BCUT2D eigenvalue weighted by molar-refractivity contribution is 7.26. The lowest BCUT2D eigenvalue weighted by molar-refractivity contribution is 0.997. The van der Waals surface area contributed by atoms with Crippen LogP contribution in [0.4, 0.5) is 0 Å². The smallest absolute Gasteiger partial charge is 0.164 e. The minimum atomic E-state index is -0.601. The van der Waals surface area contributed by atoms with E-state index in [0.717, 1.165) is 58.4 Å². The van der Waals surface area contributed by atoms with Gasteiger partial charge in [-0.2, -0.15) is 0 Å². The summed E-state index contributed by atoms with van der Waals surface area (Å²) in [7, 11) is 0. The quantitative estimate of drug-likeness (QED) is 0.163. The molecule has 52 heavy (non-hydrogen) atoms. The fraction of sp³-hybridized carbons (Fsp3) is 0.0208. The Labute approximate surface area is 319 Å². The van der Waals surface area contributed by atoms with Gasteiger partial charge in [0.25, 0.3) is 0 Å². The zero-order valence-electron chi connectivity index (χ0n) is 37.4. The van der Waals surface area contributed by atoms with Crippen LogP contribution in [0.15, 0.2) is 182 Å². The predicted octanol–water partition coefficient (Wildman–Crippen LogP) is 12.7. The highest BCUT2D eigenvalue weighted by atomic mass is 32.1. The fourth-order valence-corrected chi connectivity index (χ4v) is 8.30. The number of nitrogens with zero attached hydrogens (tertiary/aromatic N) is 3. The van der Waals surface area contributed by atoms with E-state index in [1.54, 1.807) is 11.3 Å². The maximum absolute atomic E-state index is 8.83. The zero-order valence-corrected chi connectivity index (χ0v) is 28.2. The van der Waals surface area contributed by atoms with E-state index in [4.69, 9.17) is 23.7 Å². The summed E-state index contributed by atoms with van der Waals surface area (Å²) in [6.07, 6.45) is 0. The van der Waals surface area contributed by atoms with E-state index in [0.29, 0.717) is 5.56 Å². The molecule has 2 heterocycles. The Morgan fingerprint density at radius 3 is 1.60 bits per heavy atom. The summed E-state index contributed by atoms with van der Waals surface area (Å²) in [4.78, 5) is 14.1. The summed E-state index contributed by atoms with van der Waals surface area (Å²) >= 11 is 1.61. The first-order chi connectivity index (χ1) is 29.9. The average molecular weight is 692 g/mol. The SMILES string of the molecule is [2H]c1c([2H])c([2H])c(-c2nc(-c3c([2H])c([2H])c([2H])c([2H])c3[2H])nc(-c3ccc(C(c4ccc5ccccc5c4)c4ccc5ccccc5c4)c4sc5ccccc5c34)n2)c([2H])c1[2H]. The summed E-state index contributed by atoms with van der Waals surface area (Å²) in [6.45, 7) is 0. The molecule has 0 bridgehead atoms.